The van der Waals surface area contributed by atoms with Gasteiger partial charge in [-0.3, -0.25) is 4.79 Å². The van der Waals surface area contributed by atoms with Gasteiger partial charge in [-0.25, -0.2) is 9.37 Å². The van der Waals surface area contributed by atoms with Gasteiger partial charge in [0.15, 0.2) is 17.4 Å². The number of methoxy groups -OCH3 is 1. The predicted octanol–water partition coefficient (Wildman–Crippen LogP) is 4.85. The van der Waals surface area contributed by atoms with E-state index in [-0.39, 0.29) is 12.2 Å². The largest absolute Gasteiger partial charge is 0.494 e. The van der Waals surface area contributed by atoms with Crippen molar-refractivity contribution in [1.82, 2.24) is 4.98 Å². The van der Waals surface area contributed by atoms with Crippen LogP contribution in [0.3, 0.4) is 0 Å². The molecule has 0 aliphatic carbocycles. The van der Waals surface area contributed by atoms with Crippen molar-refractivity contribution < 1.29 is 32.5 Å². The third kappa shape index (κ3) is 6.40. The van der Waals surface area contributed by atoms with E-state index in [4.69, 9.17) is 23.4 Å². The van der Waals surface area contributed by atoms with Crippen molar-refractivity contribution in [3.8, 4) is 5.75 Å². The second-order valence-electron chi connectivity index (χ2n) is 8.78. The molecule has 0 bridgehead atoms. The minimum absolute atomic E-state index is 0.0491. The summed E-state index contributed by atoms with van der Waals surface area (Å²) in [6, 6.07) is 4.52. The number of nitrogens with zero attached hydrogens (tertiary/aromatic N) is 1. The lowest BCUT2D eigenvalue weighted by Gasteiger charge is -2.21. The molecule has 0 amide bonds. The third-order valence-electron chi connectivity index (χ3n) is 4.88. The van der Waals surface area contributed by atoms with E-state index in [1.54, 1.807) is 32.9 Å². The molecule has 8 heteroatoms. The fourth-order valence-corrected chi connectivity index (χ4v) is 3.40. The number of halogens is 1. The van der Waals surface area contributed by atoms with E-state index in [0.717, 1.165) is 0 Å². The van der Waals surface area contributed by atoms with Crippen LogP contribution in [0.15, 0.2) is 35.0 Å². The van der Waals surface area contributed by atoms with Crippen LogP contribution in [0.4, 0.5) is 4.39 Å². The van der Waals surface area contributed by atoms with E-state index in [2.05, 4.69) is 4.98 Å². The first-order valence-electron chi connectivity index (χ1n) is 10.5. The van der Waals surface area contributed by atoms with Gasteiger partial charge in [-0.1, -0.05) is 12.1 Å². The number of hydrogen-bond acceptors (Lipinski definition) is 7. The van der Waals surface area contributed by atoms with E-state index in [1.165, 1.54) is 25.5 Å². The maximum atomic E-state index is 14.4. The van der Waals surface area contributed by atoms with Gasteiger partial charge in [-0.15, -0.1) is 0 Å². The van der Waals surface area contributed by atoms with Gasteiger partial charge < -0.3 is 23.4 Å². The monoisotopic (exact) mass is 447 g/mol. The van der Waals surface area contributed by atoms with Crippen molar-refractivity contribution in [2.24, 2.45) is 0 Å². The average Bonchev–Trinajstić information content (AvgIpc) is 3.34. The number of rotatable bonds is 8. The first kappa shape index (κ1) is 23.9. The molecule has 0 spiro atoms. The molecule has 0 N–H and O–H groups in total. The fraction of sp³-hybridized carbons (Fsp3) is 0.500. The van der Waals surface area contributed by atoms with Gasteiger partial charge in [0.05, 0.1) is 32.7 Å². The van der Waals surface area contributed by atoms with Gasteiger partial charge in [0.25, 0.3) is 0 Å². The zero-order valence-corrected chi connectivity index (χ0v) is 19.1. The summed E-state index contributed by atoms with van der Waals surface area (Å²) in [7, 11) is 1.39. The summed E-state index contributed by atoms with van der Waals surface area (Å²) in [6.45, 7) is 8.40. The summed E-state index contributed by atoms with van der Waals surface area (Å²) in [4.78, 5) is 17.0. The van der Waals surface area contributed by atoms with Crippen molar-refractivity contribution in [2.75, 3.05) is 20.3 Å². The first-order chi connectivity index (χ1) is 15.1. The minimum atomic E-state index is -0.641. The number of aromatic nitrogens is 1. The molecular weight excluding hydrogens is 417 g/mol. The Labute approximate surface area is 187 Å². The van der Waals surface area contributed by atoms with Gasteiger partial charge in [-0.05, 0) is 51.5 Å². The van der Waals surface area contributed by atoms with Crippen LogP contribution >= 0.6 is 0 Å². The smallest absolute Gasteiger partial charge is 0.307 e. The lowest BCUT2D eigenvalue weighted by molar-refractivity contribution is -0.155. The molecule has 1 atom stereocenters. The molecule has 174 valence electrons. The molecule has 0 saturated carbocycles. The molecule has 0 radical (unpaired) electrons. The number of hydrogen-bond donors (Lipinski definition) is 0. The second kappa shape index (κ2) is 9.83. The van der Waals surface area contributed by atoms with Gasteiger partial charge in [0.1, 0.15) is 17.6 Å². The SMILES string of the molecule is COc1ccc(C(CC(=O)OC(C)(C)C)c2nc(C=CCC3(C)OCCO3)co2)cc1F. The topological polar surface area (TPSA) is 80.0 Å². The summed E-state index contributed by atoms with van der Waals surface area (Å²) < 4.78 is 41.6. The third-order valence-corrected chi connectivity index (χ3v) is 4.88. The maximum absolute atomic E-state index is 14.4. The molecule has 32 heavy (non-hydrogen) atoms. The molecule has 7 nitrogen and oxygen atoms in total. The van der Waals surface area contributed by atoms with Crippen LogP contribution in [0.25, 0.3) is 6.08 Å². The number of ether oxygens (including phenoxy) is 4. The molecule has 1 saturated heterocycles. The Balaban J connectivity index is 1.81. The number of esters is 1. The minimum Gasteiger partial charge on any atom is -0.494 e. The van der Waals surface area contributed by atoms with E-state index in [0.29, 0.717) is 36.8 Å². The lowest BCUT2D eigenvalue weighted by Crippen LogP contribution is -2.25. The number of benzene rings is 1. The lowest BCUT2D eigenvalue weighted by atomic mass is 9.95. The van der Waals surface area contributed by atoms with E-state index < -0.39 is 29.1 Å². The van der Waals surface area contributed by atoms with Crippen LogP contribution in [0.2, 0.25) is 0 Å². The fourth-order valence-electron chi connectivity index (χ4n) is 3.40. The summed E-state index contributed by atoms with van der Waals surface area (Å²) in [6.07, 6.45) is 5.69. The highest BCUT2D eigenvalue weighted by Crippen LogP contribution is 2.32. The van der Waals surface area contributed by atoms with E-state index in [9.17, 15) is 9.18 Å². The Morgan fingerprint density at radius 1 is 1.31 bits per heavy atom. The molecule has 1 aliphatic rings. The van der Waals surface area contributed by atoms with Crippen molar-refractivity contribution in [2.45, 2.75) is 57.8 Å². The number of carbonyl (C=O) groups excluding carboxylic acids is 1. The predicted molar refractivity (Wildman–Crippen MR) is 116 cm³/mol. The van der Waals surface area contributed by atoms with Crippen LogP contribution in [-0.4, -0.2) is 42.7 Å². The standard InChI is InChI=1S/C24H30FNO6/c1-23(2,3)32-21(27)14-18(16-8-9-20(28-5)19(25)13-16)22-26-17(15-29-22)7-6-10-24(4)30-11-12-31-24/h6-9,13,15,18H,10-12,14H2,1-5H3. The molecule has 2 aromatic rings. The quantitative estimate of drug-likeness (QED) is 0.535. The zero-order chi connectivity index (χ0) is 23.4. The maximum Gasteiger partial charge on any atom is 0.307 e. The molecule has 1 aliphatic heterocycles. The molecule has 1 aromatic carbocycles. The normalized spacial score (nSPS) is 16.9. The van der Waals surface area contributed by atoms with Crippen LogP contribution in [0.1, 0.15) is 63.6 Å². The van der Waals surface area contributed by atoms with Crippen molar-refractivity contribution in [3.05, 3.63) is 53.5 Å². The molecule has 1 unspecified atom stereocenters. The summed E-state index contributed by atoms with van der Waals surface area (Å²) in [5, 5.41) is 0. The van der Waals surface area contributed by atoms with Gasteiger partial charge in [0.2, 0.25) is 5.89 Å². The van der Waals surface area contributed by atoms with E-state index >= 15 is 0 Å². The highest BCUT2D eigenvalue weighted by atomic mass is 19.1. The van der Waals surface area contributed by atoms with Crippen molar-refractivity contribution in [3.63, 3.8) is 0 Å². The van der Waals surface area contributed by atoms with Crippen LogP contribution in [0.5, 0.6) is 5.75 Å². The zero-order valence-electron chi connectivity index (χ0n) is 19.1. The van der Waals surface area contributed by atoms with Crippen LogP contribution < -0.4 is 4.74 Å². The average molecular weight is 448 g/mol. The highest BCUT2D eigenvalue weighted by Gasteiger charge is 2.30. The first-order valence-corrected chi connectivity index (χ1v) is 10.5. The van der Waals surface area contributed by atoms with Crippen molar-refractivity contribution >= 4 is 12.0 Å². The Bertz CT molecular complexity index is 956. The number of oxazole rings is 1. The Morgan fingerprint density at radius 2 is 2.03 bits per heavy atom. The highest BCUT2D eigenvalue weighted by molar-refractivity contribution is 5.71. The van der Waals surface area contributed by atoms with E-state index in [1.807, 2.05) is 13.0 Å². The Kier molecular flexibility index (Phi) is 7.36. The molecular formula is C24H30FNO6. The number of carbonyl (C=O) groups is 1. The van der Waals surface area contributed by atoms with Crippen molar-refractivity contribution in [1.29, 1.82) is 0 Å². The second-order valence-corrected chi connectivity index (χ2v) is 8.78. The molecule has 2 heterocycles. The van der Waals surface area contributed by atoms with Gasteiger partial charge in [0, 0.05) is 6.42 Å². The summed E-state index contributed by atoms with van der Waals surface area (Å²) >= 11 is 0. The van der Waals surface area contributed by atoms with Gasteiger partial charge >= 0.3 is 5.97 Å². The summed E-state index contributed by atoms with van der Waals surface area (Å²) in [5.41, 5.74) is 0.467. The molecule has 1 aromatic heterocycles. The Hall–Kier alpha value is -2.71. The van der Waals surface area contributed by atoms with Crippen LogP contribution in [0, 0.1) is 5.82 Å². The summed E-state index contributed by atoms with van der Waals surface area (Å²) in [5.74, 6) is -1.81. The van der Waals surface area contributed by atoms with Crippen LogP contribution in [-0.2, 0) is 19.0 Å². The van der Waals surface area contributed by atoms with Gasteiger partial charge in [-0.2, -0.15) is 0 Å². The molecule has 1 fully saturated rings. The molecule has 3 rings (SSSR count). The Morgan fingerprint density at radius 3 is 2.66 bits per heavy atom.